The zero-order valence-electron chi connectivity index (χ0n) is 17.7. The molecule has 3 heteroatoms. The smallest absolute Gasteiger partial charge is 0.0600 e. The van der Waals surface area contributed by atoms with E-state index in [0.29, 0.717) is 11.8 Å². The molecule has 25 heavy (non-hydrogen) atoms. The van der Waals surface area contributed by atoms with Crippen molar-refractivity contribution in [3.63, 3.8) is 0 Å². The molecule has 0 radical (unpaired) electrons. The average Bonchev–Trinajstić information content (AvgIpc) is 2.91. The lowest BCUT2D eigenvalue weighted by molar-refractivity contribution is 0.575. The van der Waals surface area contributed by atoms with Gasteiger partial charge in [0.25, 0.3) is 0 Å². The molecule has 0 unspecified atom stereocenters. The summed E-state index contributed by atoms with van der Waals surface area (Å²) in [5.41, 5.74) is 6.36. The van der Waals surface area contributed by atoms with Crippen molar-refractivity contribution in [2.24, 2.45) is 0 Å². The predicted octanol–water partition coefficient (Wildman–Crippen LogP) is 8.48. The van der Waals surface area contributed by atoms with Gasteiger partial charge in [0.15, 0.2) is 0 Å². The Kier molecular flexibility index (Phi) is 5.93. The Labute approximate surface area is 158 Å². The quantitative estimate of drug-likeness (QED) is 0.507. The number of aromatic nitrogens is 1. The van der Waals surface area contributed by atoms with Crippen LogP contribution in [0.1, 0.15) is 103 Å². The van der Waals surface area contributed by atoms with Crippen LogP contribution in [0.25, 0.3) is 5.69 Å². The summed E-state index contributed by atoms with van der Waals surface area (Å²) in [6.45, 7) is 23.4. The molecule has 0 saturated carbocycles. The summed E-state index contributed by atoms with van der Waals surface area (Å²) in [6, 6.07) is 6.89. The van der Waals surface area contributed by atoms with E-state index in [1.54, 1.807) is 5.03 Å². The Morgan fingerprint density at radius 1 is 0.800 bits per heavy atom. The van der Waals surface area contributed by atoms with Crippen LogP contribution in [0, 0.1) is 0 Å². The molecule has 0 aliphatic carbocycles. The Morgan fingerprint density at radius 2 is 1.28 bits per heavy atom. The van der Waals surface area contributed by atoms with Gasteiger partial charge in [-0.3, -0.25) is 4.33 Å². The Balaban J connectivity index is 2.88. The van der Waals surface area contributed by atoms with Gasteiger partial charge in [-0.1, -0.05) is 87.4 Å². The van der Waals surface area contributed by atoms with Gasteiger partial charge >= 0.3 is 0 Å². The van der Waals surface area contributed by atoms with Gasteiger partial charge in [-0.15, -0.1) is 0 Å². The van der Waals surface area contributed by atoms with Gasteiger partial charge < -0.3 is 0 Å². The van der Waals surface area contributed by atoms with Crippen molar-refractivity contribution < 1.29 is 0 Å². The predicted molar refractivity (Wildman–Crippen MR) is 116 cm³/mol. The van der Waals surface area contributed by atoms with Crippen molar-refractivity contribution in [2.45, 2.75) is 91.9 Å². The maximum atomic E-state index is 2.63. The van der Waals surface area contributed by atoms with Crippen LogP contribution in [0.5, 0.6) is 0 Å². The number of hydrogen-bond donors (Lipinski definition) is 0. The van der Waals surface area contributed by atoms with Crippen molar-refractivity contribution >= 4 is 16.5 Å². The Hall–Kier alpha value is -0.640. The lowest BCUT2D eigenvalue weighted by Crippen LogP contribution is -2.16. The zero-order valence-corrected chi connectivity index (χ0v) is 19.5. The summed E-state index contributed by atoms with van der Waals surface area (Å²) in [5, 5.41) is 1.60. The molecule has 0 saturated heterocycles. The zero-order chi connectivity index (χ0) is 19.2. The lowest BCUT2D eigenvalue weighted by Gasteiger charge is -2.26. The maximum absolute atomic E-state index is 2.63. The highest BCUT2D eigenvalue weighted by atomic mass is 31.1. The van der Waals surface area contributed by atoms with Crippen LogP contribution in [-0.2, 0) is 10.8 Å². The van der Waals surface area contributed by atoms with Gasteiger partial charge in [-0.05, 0) is 36.6 Å². The van der Waals surface area contributed by atoms with Crippen LogP contribution < -0.4 is 0 Å². The number of rotatable bonds is 3. The standard InChI is InChI=1S/C22H35NP2/c1-14(2)16-12-11-13-17(15(3)4)18(16)23-19(21(5,6)7)24-20(25-23)22(8,9)10/h11-15H,1-10H3. The fourth-order valence-corrected chi connectivity index (χ4v) is 6.31. The molecule has 1 aromatic heterocycles. The first-order valence-electron chi connectivity index (χ1n) is 9.45. The van der Waals surface area contributed by atoms with Gasteiger partial charge in [-0.2, -0.15) is 0 Å². The van der Waals surface area contributed by atoms with Gasteiger partial charge in [0.05, 0.1) is 11.1 Å². The summed E-state index contributed by atoms with van der Waals surface area (Å²) in [7, 11) is 2.78. The number of para-hydroxylation sites is 1. The number of nitrogens with zero attached hydrogens (tertiary/aromatic N) is 1. The third-order valence-electron chi connectivity index (χ3n) is 4.50. The molecular weight excluding hydrogens is 340 g/mol. The fourth-order valence-electron chi connectivity index (χ4n) is 3.03. The van der Waals surface area contributed by atoms with Crippen LogP contribution >= 0.6 is 16.5 Å². The number of hydrogen-bond acceptors (Lipinski definition) is 0. The first kappa shape index (κ1) is 20.7. The summed E-state index contributed by atoms with van der Waals surface area (Å²) in [4.78, 5) is 0. The van der Waals surface area contributed by atoms with Gasteiger partial charge in [0.2, 0.25) is 0 Å². The third kappa shape index (κ3) is 4.37. The van der Waals surface area contributed by atoms with Crippen LogP contribution in [0.4, 0.5) is 0 Å². The van der Waals surface area contributed by atoms with E-state index >= 15 is 0 Å². The Morgan fingerprint density at radius 3 is 1.64 bits per heavy atom. The molecule has 0 aliphatic heterocycles. The second kappa shape index (κ2) is 7.17. The summed E-state index contributed by atoms with van der Waals surface area (Å²) >= 11 is 0. The summed E-state index contributed by atoms with van der Waals surface area (Å²) in [6.07, 6.45) is 0. The van der Waals surface area contributed by atoms with E-state index < -0.39 is 0 Å². The van der Waals surface area contributed by atoms with Crippen molar-refractivity contribution in [3.8, 4) is 5.69 Å². The Bertz CT molecular complexity index is 714. The molecule has 0 spiro atoms. The minimum Gasteiger partial charge on any atom is -0.291 e. The molecule has 1 heterocycles. The normalized spacial score (nSPS) is 13.8. The average molecular weight is 375 g/mol. The van der Waals surface area contributed by atoms with Gasteiger partial charge in [0.1, 0.15) is 0 Å². The first-order chi connectivity index (χ1) is 11.3. The topological polar surface area (TPSA) is 4.93 Å². The second-order valence-corrected chi connectivity index (χ2v) is 12.3. The molecule has 0 amide bonds. The largest absolute Gasteiger partial charge is 0.291 e. The van der Waals surface area contributed by atoms with Crippen LogP contribution in [0.15, 0.2) is 18.2 Å². The molecule has 0 N–H and O–H groups in total. The molecule has 138 valence electrons. The molecule has 0 fully saturated rings. The lowest BCUT2D eigenvalue weighted by atomic mass is 9.92. The molecule has 1 aromatic carbocycles. The van der Waals surface area contributed by atoms with Crippen LogP contribution in [-0.4, -0.2) is 4.33 Å². The van der Waals surface area contributed by atoms with E-state index in [1.165, 1.54) is 38.8 Å². The second-order valence-electron chi connectivity index (χ2n) is 9.77. The van der Waals surface area contributed by atoms with Gasteiger partial charge in [0, 0.05) is 18.8 Å². The monoisotopic (exact) mass is 375 g/mol. The van der Waals surface area contributed by atoms with Crippen molar-refractivity contribution in [1.82, 2.24) is 4.33 Å². The van der Waals surface area contributed by atoms with Crippen molar-refractivity contribution in [3.05, 3.63) is 39.8 Å². The molecule has 1 nitrogen and oxygen atoms in total. The fraction of sp³-hybridized carbons (Fsp3) is 0.636. The van der Waals surface area contributed by atoms with E-state index in [0.717, 1.165) is 0 Å². The highest BCUT2D eigenvalue weighted by molar-refractivity contribution is 7.47. The molecule has 0 aliphatic rings. The number of benzene rings is 1. The van der Waals surface area contributed by atoms with Crippen molar-refractivity contribution in [1.29, 1.82) is 0 Å². The SMILES string of the molecule is CC(C)c1cccc(C(C)C)c1-n1pc(C(C)(C)C)pc1C(C)(C)C. The summed E-state index contributed by atoms with van der Waals surface area (Å²) < 4.78 is 2.63. The van der Waals surface area contributed by atoms with E-state index in [-0.39, 0.29) is 10.8 Å². The highest BCUT2D eigenvalue weighted by Crippen LogP contribution is 2.48. The maximum Gasteiger partial charge on any atom is 0.0600 e. The molecular formula is C22H35NP2. The molecule has 2 aromatic rings. The molecule has 2 rings (SSSR count). The minimum absolute atomic E-state index is 0.167. The van der Waals surface area contributed by atoms with E-state index in [1.807, 2.05) is 0 Å². The summed E-state index contributed by atoms with van der Waals surface area (Å²) in [5.74, 6) is 1.06. The first-order valence-corrected chi connectivity index (χ1v) is 11.2. The van der Waals surface area contributed by atoms with E-state index in [4.69, 9.17) is 0 Å². The highest BCUT2D eigenvalue weighted by Gasteiger charge is 2.28. The minimum atomic E-state index is 0.167. The van der Waals surface area contributed by atoms with Gasteiger partial charge in [-0.25, -0.2) is 0 Å². The molecule has 0 atom stereocenters. The molecule has 0 bridgehead atoms. The van der Waals surface area contributed by atoms with Crippen LogP contribution in [0.2, 0.25) is 0 Å². The van der Waals surface area contributed by atoms with E-state index in [9.17, 15) is 0 Å². The van der Waals surface area contributed by atoms with Crippen LogP contribution in [0.3, 0.4) is 0 Å². The van der Waals surface area contributed by atoms with Crippen molar-refractivity contribution in [2.75, 3.05) is 0 Å². The van der Waals surface area contributed by atoms with E-state index in [2.05, 4.69) is 91.8 Å². The third-order valence-corrected chi connectivity index (χ3v) is 8.65.